The first-order chi connectivity index (χ1) is 13.7. The second kappa shape index (κ2) is 7.56. The SMILES string of the molecule is CCN(Cc1cccc(OC)c1)C(=O)c1cc2ccc(-c3cn[nH]c3)nc2[nH]1. The van der Waals surface area contributed by atoms with E-state index in [-0.39, 0.29) is 5.91 Å². The molecule has 0 unspecified atom stereocenters. The lowest BCUT2D eigenvalue weighted by Gasteiger charge is -2.20. The van der Waals surface area contributed by atoms with Gasteiger partial charge < -0.3 is 14.6 Å². The minimum atomic E-state index is -0.0619. The van der Waals surface area contributed by atoms with Gasteiger partial charge >= 0.3 is 0 Å². The van der Waals surface area contributed by atoms with Crippen LogP contribution in [0, 0.1) is 0 Å². The number of hydrogen-bond donors (Lipinski definition) is 2. The van der Waals surface area contributed by atoms with Crippen molar-refractivity contribution in [3.05, 3.63) is 66.1 Å². The van der Waals surface area contributed by atoms with E-state index < -0.39 is 0 Å². The summed E-state index contributed by atoms with van der Waals surface area (Å²) < 4.78 is 5.27. The van der Waals surface area contributed by atoms with Crippen molar-refractivity contribution in [3.8, 4) is 17.0 Å². The molecule has 1 aromatic carbocycles. The number of nitrogens with one attached hydrogen (secondary N) is 2. The number of carbonyl (C=O) groups excluding carboxylic acids is 1. The fourth-order valence-corrected chi connectivity index (χ4v) is 3.16. The highest BCUT2D eigenvalue weighted by Crippen LogP contribution is 2.22. The van der Waals surface area contributed by atoms with Gasteiger partial charge in [0, 0.05) is 30.2 Å². The van der Waals surface area contributed by atoms with E-state index in [9.17, 15) is 4.79 Å². The Labute approximate surface area is 162 Å². The first-order valence-electron chi connectivity index (χ1n) is 9.09. The van der Waals surface area contributed by atoms with Crippen molar-refractivity contribution >= 4 is 16.9 Å². The van der Waals surface area contributed by atoms with Gasteiger partial charge in [-0.25, -0.2) is 4.98 Å². The predicted molar refractivity (Wildman–Crippen MR) is 107 cm³/mol. The molecule has 0 fully saturated rings. The third-order valence-corrected chi connectivity index (χ3v) is 4.68. The molecule has 3 aromatic heterocycles. The molecule has 1 amide bonds. The van der Waals surface area contributed by atoms with Crippen LogP contribution in [0.1, 0.15) is 23.0 Å². The highest BCUT2D eigenvalue weighted by Gasteiger charge is 2.18. The maximum atomic E-state index is 13.0. The number of fused-ring (bicyclic) bond motifs is 1. The summed E-state index contributed by atoms with van der Waals surface area (Å²) >= 11 is 0. The van der Waals surface area contributed by atoms with Crippen LogP contribution in [-0.2, 0) is 6.54 Å². The first kappa shape index (κ1) is 17.8. The topological polar surface area (TPSA) is 86.9 Å². The zero-order valence-electron chi connectivity index (χ0n) is 15.8. The number of aromatic amines is 2. The second-order valence-corrected chi connectivity index (χ2v) is 6.48. The van der Waals surface area contributed by atoms with E-state index in [1.807, 2.05) is 49.4 Å². The van der Waals surface area contributed by atoms with Crippen LogP contribution in [0.3, 0.4) is 0 Å². The summed E-state index contributed by atoms with van der Waals surface area (Å²) in [4.78, 5) is 22.6. The number of rotatable bonds is 6. The molecule has 0 aliphatic carbocycles. The van der Waals surface area contributed by atoms with Gasteiger partial charge in [-0.2, -0.15) is 5.10 Å². The standard InChI is InChI=1S/C21H21N5O2/c1-3-26(13-14-5-4-6-17(9-14)28-2)21(27)19-10-15-7-8-18(24-20(15)25-19)16-11-22-23-12-16/h4-12H,3,13H2,1-2H3,(H,22,23)(H,24,25). The first-order valence-corrected chi connectivity index (χ1v) is 9.09. The van der Waals surface area contributed by atoms with Crippen LogP contribution in [0.15, 0.2) is 54.9 Å². The van der Waals surface area contributed by atoms with Gasteiger partial charge in [0.25, 0.3) is 5.91 Å². The number of hydrogen-bond acceptors (Lipinski definition) is 4. The van der Waals surface area contributed by atoms with Gasteiger partial charge in [0.2, 0.25) is 0 Å². The third-order valence-electron chi connectivity index (χ3n) is 4.68. The van der Waals surface area contributed by atoms with Crippen LogP contribution in [0.25, 0.3) is 22.3 Å². The highest BCUT2D eigenvalue weighted by molar-refractivity contribution is 5.97. The van der Waals surface area contributed by atoms with Gasteiger partial charge in [-0.05, 0) is 42.8 Å². The molecule has 0 radical (unpaired) electrons. The average molecular weight is 375 g/mol. The normalized spacial score (nSPS) is 10.9. The number of pyridine rings is 1. The monoisotopic (exact) mass is 375 g/mol. The quantitative estimate of drug-likeness (QED) is 0.539. The fraction of sp³-hybridized carbons (Fsp3) is 0.190. The Morgan fingerprint density at radius 2 is 2.11 bits per heavy atom. The van der Waals surface area contributed by atoms with E-state index in [1.165, 1.54) is 0 Å². The molecule has 7 heteroatoms. The lowest BCUT2D eigenvalue weighted by Crippen LogP contribution is -2.30. The number of benzene rings is 1. The van der Waals surface area contributed by atoms with Crippen LogP contribution in [0.2, 0.25) is 0 Å². The number of H-pyrrole nitrogens is 2. The number of ether oxygens (including phenoxy) is 1. The molecule has 0 saturated heterocycles. The summed E-state index contributed by atoms with van der Waals surface area (Å²) in [6, 6.07) is 13.5. The van der Waals surface area contributed by atoms with Crippen molar-refractivity contribution in [1.82, 2.24) is 25.1 Å². The molecule has 28 heavy (non-hydrogen) atoms. The van der Waals surface area contributed by atoms with Crippen molar-refractivity contribution in [1.29, 1.82) is 0 Å². The molecule has 3 heterocycles. The Morgan fingerprint density at radius 1 is 1.21 bits per heavy atom. The summed E-state index contributed by atoms with van der Waals surface area (Å²) in [5.74, 6) is 0.718. The van der Waals surface area contributed by atoms with E-state index in [0.717, 1.165) is 28.0 Å². The predicted octanol–water partition coefficient (Wildman–Crippen LogP) is 3.62. The largest absolute Gasteiger partial charge is 0.497 e. The zero-order chi connectivity index (χ0) is 19.5. The van der Waals surface area contributed by atoms with Gasteiger partial charge in [0.05, 0.1) is 19.0 Å². The van der Waals surface area contributed by atoms with Gasteiger partial charge in [0.1, 0.15) is 17.1 Å². The molecule has 0 aliphatic heterocycles. The number of nitrogens with zero attached hydrogens (tertiary/aromatic N) is 3. The van der Waals surface area contributed by atoms with Crippen LogP contribution in [0.5, 0.6) is 5.75 Å². The Hall–Kier alpha value is -3.61. The second-order valence-electron chi connectivity index (χ2n) is 6.48. The minimum Gasteiger partial charge on any atom is -0.497 e. The van der Waals surface area contributed by atoms with Crippen molar-refractivity contribution in [2.45, 2.75) is 13.5 Å². The Morgan fingerprint density at radius 3 is 2.86 bits per heavy atom. The molecule has 0 spiro atoms. The van der Waals surface area contributed by atoms with Gasteiger partial charge in [-0.1, -0.05) is 12.1 Å². The molecule has 4 rings (SSSR count). The van der Waals surface area contributed by atoms with E-state index >= 15 is 0 Å². The average Bonchev–Trinajstić information content (AvgIpc) is 3.40. The molecule has 4 aromatic rings. The summed E-state index contributed by atoms with van der Waals surface area (Å²) in [6.07, 6.45) is 3.51. The Bertz CT molecular complexity index is 1100. The molecule has 0 atom stereocenters. The maximum Gasteiger partial charge on any atom is 0.270 e. The van der Waals surface area contributed by atoms with Crippen molar-refractivity contribution in [3.63, 3.8) is 0 Å². The number of carbonyl (C=O) groups is 1. The Kier molecular flexibility index (Phi) is 4.80. The van der Waals surface area contributed by atoms with Crippen molar-refractivity contribution in [2.75, 3.05) is 13.7 Å². The molecule has 0 saturated carbocycles. The van der Waals surface area contributed by atoms with E-state index in [4.69, 9.17) is 4.74 Å². The molecule has 142 valence electrons. The number of methoxy groups -OCH3 is 1. The smallest absolute Gasteiger partial charge is 0.270 e. The van der Waals surface area contributed by atoms with Crippen LogP contribution < -0.4 is 4.74 Å². The lowest BCUT2D eigenvalue weighted by molar-refractivity contribution is 0.0747. The molecular formula is C21H21N5O2. The number of amides is 1. The summed E-state index contributed by atoms with van der Waals surface area (Å²) in [7, 11) is 1.64. The van der Waals surface area contributed by atoms with Crippen LogP contribution >= 0.6 is 0 Å². The van der Waals surface area contributed by atoms with Crippen molar-refractivity contribution in [2.24, 2.45) is 0 Å². The maximum absolute atomic E-state index is 13.0. The molecule has 2 N–H and O–H groups in total. The van der Waals surface area contributed by atoms with Gasteiger partial charge in [0.15, 0.2) is 0 Å². The van der Waals surface area contributed by atoms with Crippen LogP contribution in [-0.4, -0.2) is 44.6 Å². The van der Waals surface area contributed by atoms with Gasteiger partial charge in [-0.3, -0.25) is 9.89 Å². The summed E-state index contributed by atoms with van der Waals surface area (Å²) in [5, 5.41) is 7.63. The van der Waals surface area contributed by atoms with Gasteiger partial charge in [-0.15, -0.1) is 0 Å². The van der Waals surface area contributed by atoms with Crippen molar-refractivity contribution < 1.29 is 9.53 Å². The fourth-order valence-electron chi connectivity index (χ4n) is 3.16. The summed E-state index contributed by atoms with van der Waals surface area (Å²) in [6.45, 7) is 3.07. The molecule has 0 aliphatic rings. The van der Waals surface area contributed by atoms with E-state index in [0.29, 0.717) is 24.4 Å². The molecule has 0 bridgehead atoms. The Balaban J connectivity index is 1.59. The summed E-state index contributed by atoms with van der Waals surface area (Å²) in [5.41, 5.74) is 3.92. The van der Waals surface area contributed by atoms with E-state index in [2.05, 4.69) is 20.2 Å². The molecular weight excluding hydrogens is 354 g/mol. The van der Waals surface area contributed by atoms with E-state index in [1.54, 1.807) is 24.4 Å². The minimum absolute atomic E-state index is 0.0619. The third kappa shape index (κ3) is 3.46. The van der Waals surface area contributed by atoms with Crippen LogP contribution in [0.4, 0.5) is 0 Å². The zero-order valence-corrected chi connectivity index (χ0v) is 15.8. The highest BCUT2D eigenvalue weighted by atomic mass is 16.5. The number of aromatic nitrogens is 4. The lowest BCUT2D eigenvalue weighted by atomic mass is 10.2. The molecule has 7 nitrogen and oxygen atoms in total.